The Labute approximate surface area is 106 Å². The minimum Gasteiger partial charge on any atom is -0.391 e. The van der Waals surface area contributed by atoms with Gasteiger partial charge in [0.25, 0.3) is 0 Å². The predicted octanol–water partition coefficient (Wildman–Crippen LogP) is 2.01. The van der Waals surface area contributed by atoms with Gasteiger partial charge >= 0.3 is 0 Å². The van der Waals surface area contributed by atoms with Gasteiger partial charge in [0.05, 0.1) is 12.7 Å². The van der Waals surface area contributed by atoms with Crippen LogP contribution in [0.5, 0.6) is 0 Å². The number of hydrogen-bond acceptors (Lipinski definition) is 3. The molecular weight excluding hydrogens is 240 g/mol. The molecule has 0 spiro atoms. The first-order valence-corrected chi connectivity index (χ1v) is 5.89. The summed E-state index contributed by atoms with van der Waals surface area (Å²) in [6.45, 7) is 2.64. The van der Waals surface area contributed by atoms with Crippen LogP contribution in [0, 0.1) is 11.6 Å². The molecule has 2 unspecified atom stereocenters. The van der Waals surface area contributed by atoms with Gasteiger partial charge in [0.2, 0.25) is 0 Å². The highest BCUT2D eigenvalue weighted by Crippen LogP contribution is 2.15. The molecule has 1 aromatic rings. The fourth-order valence-corrected chi connectivity index (χ4v) is 1.69. The largest absolute Gasteiger partial charge is 0.391 e. The van der Waals surface area contributed by atoms with Crippen LogP contribution in [0.25, 0.3) is 0 Å². The maximum Gasteiger partial charge on any atom is 0.126 e. The summed E-state index contributed by atoms with van der Waals surface area (Å²) in [5, 5.41) is 12.5. The molecule has 0 fully saturated rings. The highest BCUT2D eigenvalue weighted by Gasteiger charge is 2.09. The number of halogens is 2. The summed E-state index contributed by atoms with van der Waals surface area (Å²) in [5.41, 5.74) is 0.550. The fourth-order valence-electron chi connectivity index (χ4n) is 1.69. The molecule has 0 amide bonds. The zero-order valence-electron chi connectivity index (χ0n) is 10.6. The molecule has 2 N–H and O–H groups in total. The van der Waals surface area contributed by atoms with Crippen molar-refractivity contribution < 1.29 is 18.6 Å². The minimum atomic E-state index is -0.585. The van der Waals surface area contributed by atoms with Crippen LogP contribution in [0.15, 0.2) is 18.2 Å². The van der Waals surface area contributed by atoms with Crippen molar-refractivity contribution in [2.75, 3.05) is 20.3 Å². The molecule has 0 aromatic heterocycles. The topological polar surface area (TPSA) is 41.5 Å². The average molecular weight is 259 g/mol. The molecule has 102 valence electrons. The zero-order valence-corrected chi connectivity index (χ0v) is 10.6. The molecule has 0 saturated heterocycles. The first-order valence-electron chi connectivity index (χ1n) is 5.89. The number of methoxy groups -OCH3 is 1. The highest BCUT2D eigenvalue weighted by atomic mass is 19.1. The second-order valence-electron chi connectivity index (χ2n) is 4.28. The summed E-state index contributed by atoms with van der Waals surface area (Å²) in [7, 11) is 1.52. The van der Waals surface area contributed by atoms with E-state index in [9.17, 15) is 13.9 Å². The lowest BCUT2D eigenvalue weighted by Gasteiger charge is -2.16. The number of benzene rings is 1. The van der Waals surface area contributed by atoms with Gasteiger partial charge in [-0.05, 0) is 37.6 Å². The molecule has 0 aliphatic rings. The van der Waals surface area contributed by atoms with Crippen LogP contribution in [0.1, 0.15) is 24.9 Å². The van der Waals surface area contributed by atoms with Gasteiger partial charge in [-0.2, -0.15) is 0 Å². The molecule has 0 heterocycles. The monoisotopic (exact) mass is 259 g/mol. The smallest absolute Gasteiger partial charge is 0.126 e. The number of aliphatic hydroxyl groups is 1. The van der Waals surface area contributed by atoms with Crippen LogP contribution >= 0.6 is 0 Å². The van der Waals surface area contributed by atoms with Gasteiger partial charge < -0.3 is 15.2 Å². The van der Waals surface area contributed by atoms with Crippen molar-refractivity contribution in [3.63, 3.8) is 0 Å². The summed E-state index contributed by atoms with van der Waals surface area (Å²) in [4.78, 5) is 0. The summed E-state index contributed by atoms with van der Waals surface area (Å²) >= 11 is 0. The quantitative estimate of drug-likeness (QED) is 0.787. The lowest BCUT2D eigenvalue weighted by atomic mass is 10.1. The Morgan fingerprint density at radius 2 is 1.89 bits per heavy atom. The molecule has 0 bridgehead atoms. The third kappa shape index (κ3) is 5.08. The molecule has 3 nitrogen and oxygen atoms in total. The maximum absolute atomic E-state index is 13.0. The van der Waals surface area contributed by atoms with Crippen LogP contribution < -0.4 is 5.32 Å². The molecule has 0 aliphatic carbocycles. The molecule has 0 aliphatic heterocycles. The molecule has 0 saturated carbocycles. The van der Waals surface area contributed by atoms with E-state index < -0.39 is 17.7 Å². The first kappa shape index (κ1) is 15.0. The third-order valence-corrected chi connectivity index (χ3v) is 2.67. The lowest BCUT2D eigenvalue weighted by Crippen LogP contribution is -2.25. The third-order valence-electron chi connectivity index (χ3n) is 2.67. The van der Waals surface area contributed by atoms with E-state index in [-0.39, 0.29) is 12.6 Å². The van der Waals surface area contributed by atoms with Gasteiger partial charge in [0.15, 0.2) is 0 Å². The molecule has 0 radical (unpaired) electrons. The van der Waals surface area contributed by atoms with Crippen LogP contribution in [0.3, 0.4) is 0 Å². The summed E-state index contributed by atoms with van der Waals surface area (Å²) in [5.74, 6) is -1.17. The second-order valence-corrected chi connectivity index (χ2v) is 4.28. The fraction of sp³-hybridized carbons (Fsp3) is 0.538. The van der Waals surface area contributed by atoms with E-state index in [1.807, 2.05) is 6.92 Å². The van der Waals surface area contributed by atoms with Crippen molar-refractivity contribution in [1.29, 1.82) is 0 Å². The SMILES string of the molecule is COCC(O)CCNC(C)c1cc(F)cc(F)c1. The van der Waals surface area contributed by atoms with Crippen molar-refractivity contribution in [1.82, 2.24) is 5.32 Å². The van der Waals surface area contributed by atoms with Gasteiger partial charge in [-0.15, -0.1) is 0 Å². The average Bonchev–Trinajstić information content (AvgIpc) is 2.27. The van der Waals surface area contributed by atoms with Gasteiger partial charge in [0.1, 0.15) is 11.6 Å². The molecule has 5 heteroatoms. The van der Waals surface area contributed by atoms with Gasteiger partial charge in [-0.1, -0.05) is 0 Å². The van der Waals surface area contributed by atoms with Gasteiger partial charge in [0, 0.05) is 19.2 Å². The summed E-state index contributed by atoms with van der Waals surface area (Å²) in [6, 6.07) is 3.27. The first-order chi connectivity index (χ1) is 8.52. The Morgan fingerprint density at radius 1 is 1.28 bits per heavy atom. The van der Waals surface area contributed by atoms with Crippen molar-refractivity contribution >= 4 is 0 Å². The van der Waals surface area contributed by atoms with Crippen molar-refractivity contribution in [3.8, 4) is 0 Å². The maximum atomic E-state index is 13.0. The number of nitrogens with one attached hydrogen (secondary N) is 1. The number of aliphatic hydroxyl groups excluding tert-OH is 1. The van der Waals surface area contributed by atoms with E-state index in [4.69, 9.17) is 4.74 Å². The summed E-state index contributed by atoms with van der Waals surface area (Å²) < 4.78 is 30.8. The molecule has 1 aromatic carbocycles. The second kappa shape index (κ2) is 7.41. The van der Waals surface area contributed by atoms with Crippen LogP contribution in [0.2, 0.25) is 0 Å². The standard InChI is InChI=1S/C13H19F2NO2/c1-9(16-4-3-13(17)8-18-2)10-5-11(14)7-12(15)6-10/h5-7,9,13,16-17H,3-4,8H2,1-2H3. The molecule has 2 atom stereocenters. The van der Waals surface area contributed by atoms with Gasteiger partial charge in [-0.3, -0.25) is 0 Å². The number of rotatable bonds is 7. The zero-order chi connectivity index (χ0) is 13.5. The predicted molar refractivity (Wildman–Crippen MR) is 65.3 cm³/mol. The van der Waals surface area contributed by atoms with Crippen molar-refractivity contribution in [3.05, 3.63) is 35.4 Å². The van der Waals surface area contributed by atoms with Crippen molar-refractivity contribution in [2.24, 2.45) is 0 Å². The molecular formula is C13H19F2NO2. The molecule has 1 rings (SSSR count). The Morgan fingerprint density at radius 3 is 2.44 bits per heavy atom. The van der Waals surface area contributed by atoms with E-state index in [2.05, 4.69) is 5.32 Å². The number of hydrogen-bond donors (Lipinski definition) is 2. The molecule has 18 heavy (non-hydrogen) atoms. The Bertz CT molecular complexity index is 354. The Balaban J connectivity index is 2.42. The van der Waals surface area contributed by atoms with E-state index in [1.165, 1.54) is 19.2 Å². The van der Waals surface area contributed by atoms with Crippen molar-refractivity contribution in [2.45, 2.75) is 25.5 Å². The van der Waals surface area contributed by atoms with Crippen LogP contribution in [-0.2, 0) is 4.74 Å². The minimum absolute atomic E-state index is 0.176. The normalized spacial score (nSPS) is 14.5. The van der Waals surface area contributed by atoms with E-state index in [1.54, 1.807) is 0 Å². The highest BCUT2D eigenvalue weighted by molar-refractivity contribution is 5.20. The van der Waals surface area contributed by atoms with Crippen LogP contribution in [0.4, 0.5) is 8.78 Å². The van der Waals surface area contributed by atoms with E-state index in [0.717, 1.165) is 6.07 Å². The van der Waals surface area contributed by atoms with Gasteiger partial charge in [-0.25, -0.2) is 8.78 Å². The van der Waals surface area contributed by atoms with Crippen LogP contribution in [-0.4, -0.2) is 31.5 Å². The Hall–Kier alpha value is -1.04. The van der Waals surface area contributed by atoms with E-state index in [0.29, 0.717) is 18.5 Å². The Kier molecular flexibility index (Phi) is 6.18. The number of ether oxygens (including phenoxy) is 1. The lowest BCUT2D eigenvalue weighted by molar-refractivity contribution is 0.0590. The van der Waals surface area contributed by atoms with E-state index >= 15 is 0 Å². The summed E-state index contributed by atoms with van der Waals surface area (Å²) in [6.07, 6.45) is -0.00497.